The number of benzene rings is 2. The van der Waals surface area contributed by atoms with Gasteiger partial charge in [0, 0.05) is 30.7 Å². The lowest BCUT2D eigenvalue weighted by molar-refractivity contribution is 0.629. The molecule has 0 aliphatic heterocycles. The molecule has 0 unspecified atom stereocenters. The normalized spacial score (nSPS) is 11.4. The first kappa shape index (κ1) is 23.7. The Morgan fingerprint density at radius 3 is 2.69 bits per heavy atom. The first-order valence-electron chi connectivity index (χ1n) is 10.3. The minimum absolute atomic E-state index is 0. The summed E-state index contributed by atoms with van der Waals surface area (Å²) in [4.78, 5) is 7.86. The summed E-state index contributed by atoms with van der Waals surface area (Å²) in [7, 11) is 1.94. The monoisotopic (exact) mass is 547 g/mol. The summed E-state index contributed by atoms with van der Waals surface area (Å²) in [5, 5.41) is 16.1. The standard InChI is InChI=1S/C23H26FN7.HI/c1-16-29-30-22(31(16)2)15-28-23(27-13-17-6-4-3-5-7-17)25-11-10-18-14-26-21-12-19(24)8-9-20(18)21;/h3-9,12,14,26H,10-11,13,15H2,1-2H3,(H2,25,27,28);1H. The molecular weight excluding hydrogens is 520 g/mol. The number of halogens is 2. The molecule has 9 heteroatoms. The van der Waals surface area contributed by atoms with Crippen molar-refractivity contribution in [2.45, 2.75) is 26.4 Å². The zero-order valence-corrected chi connectivity index (χ0v) is 20.4. The van der Waals surface area contributed by atoms with Crippen molar-refractivity contribution in [1.29, 1.82) is 0 Å². The van der Waals surface area contributed by atoms with E-state index in [0.717, 1.165) is 40.1 Å². The van der Waals surface area contributed by atoms with Crippen LogP contribution in [0, 0.1) is 12.7 Å². The lowest BCUT2D eigenvalue weighted by Gasteiger charge is -2.12. The fourth-order valence-electron chi connectivity index (χ4n) is 3.38. The minimum Gasteiger partial charge on any atom is -0.361 e. The SMILES string of the molecule is Cc1nnc(CNC(=NCc2ccccc2)NCCc2c[nH]c3cc(F)ccc23)n1C.I. The smallest absolute Gasteiger partial charge is 0.191 e. The highest BCUT2D eigenvalue weighted by Crippen LogP contribution is 2.19. The number of aromatic amines is 1. The Hall–Kier alpha value is -2.95. The molecule has 32 heavy (non-hydrogen) atoms. The van der Waals surface area contributed by atoms with Gasteiger partial charge >= 0.3 is 0 Å². The van der Waals surface area contributed by atoms with Gasteiger partial charge in [-0.3, -0.25) is 0 Å². The quantitative estimate of drug-likeness (QED) is 0.187. The van der Waals surface area contributed by atoms with E-state index in [2.05, 4.69) is 37.9 Å². The molecule has 4 aromatic rings. The Morgan fingerprint density at radius 1 is 1.12 bits per heavy atom. The third-order valence-electron chi connectivity index (χ3n) is 5.28. The third kappa shape index (κ3) is 5.84. The highest BCUT2D eigenvalue weighted by Gasteiger charge is 2.08. The largest absolute Gasteiger partial charge is 0.361 e. The van der Waals surface area contributed by atoms with Crippen molar-refractivity contribution in [2.24, 2.45) is 12.0 Å². The molecule has 0 atom stereocenters. The molecular formula is C23H27FIN7. The average Bonchev–Trinajstić information content (AvgIpc) is 3.33. The molecule has 168 valence electrons. The second-order valence-electron chi connectivity index (χ2n) is 7.41. The summed E-state index contributed by atoms with van der Waals surface area (Å²) in [5.41, 5.74) is 3.08. The third-order valence-corrected chi connectivity index (χ3v) is 5.28. The summed E-state index contributed by atoms with van der Waals surface area (Å²) in [6.07, 6.45) is 2.71. The molecule has 0 saturated heterocycles. The number of nitrogens with one attached hydrogen (secondary N) is 3. The molecule has 0 bridgehead atoms. The molecule has 0 aliphatic carbocycles. The maximum absolute atomic E-state index is 13.4. The highest BCUT2D eigenvalue weighted by molar-refractivity contribution is 14.0. The fourth-order valence-corrected chi connectivity index (χ4v) is 3.38. The van der Waals surface area contributed by atoms with E-state index in [1.165, 1.54) is 12.1 Å². The van der Waals surface area contributed by atoms with Crippen LogP contribution < -0.4 is 10.6 Å². The van der Waals surface area contributed by atoms with Crippen molar-refractivity contribution >= 4 is 40.8 Å². The number of rotatable bonds is 7. The van der Waals surface area contributed by atoms with Crippen molar-refractivity contribution in [3.8, 4) is 0 Å². The van der Waals surface area contributed by atoms with E-state index in [0.29, 0.717) is 25.6 Å². The zero-order valence-electron chi connectivity index (χ0n) is 18.1. The van der Waals surface area contributed by atoms with Gasteiger partial charge in [0.15, 0.2) is 11.8 Å². The van der Waals surface area contributed by atoms with E-state index < -0.39 is 0 Å². The van der Waals surface area contributed by atoms with E-state index in [-0.39, 0.29) is 29.8 Å². The van der Waals surface area contributed by atoms with Gasteiger partial charge < -0.3 is 20.2 Å². The number of aromatic nitrogens is 4. The molecule has 3 N–H and O–H groups in total. The number of aliphatic imine (C=N–C) groups is 1. The molecule has 2 aromatic heterocycles. The van der Waals surface area contributed by atoms with Crippen LogP contribution in [0.4, 0.5) is 4.39 Å². The van der Waals surface area contributed by atoms with Crippen LogP contribution in [0.2, 0.25) is 0 Å². The fraction of sp³-hybridized carbons (Fsp3) is 0.261. The number of H-pyrrole nitrogens is 1. The number of guanidine groups is 1. The van der Waals surface area contributed by atoms with Gasteiger partial charge in [-0.25, -0.2) is 9.38 Å². The van der Waals surface area contributed by atoms with Crippen LogP contribution >= 0.6 is 24.0 Å². The van der Waals surface area contributed by atoms with E-state index in [1.54, 1.807) is 0 Å². The summed E-state index contributed by atoms with van der Waals surface area (Å²) >= 11 is 0. The van der Waals surface area contributed by atoms with Gasteiger partial charge in [-0.2, -0.15) is 0 Å². The second kappa shape index (κ2) is 11.1. The lowest BCUT2D eigenvalue weighted by Crippen LogP contribution is -2.38. The summed E-state index contributed by atoms with van der Waals surface area (Å²) in [5.74, 6) is 2.17. The Bertz CT molecular complexity index is 1180. The van der Waals surface area contributed by atoms with Gasteiger partial charge in [-0.05, 0) is 42.7 Å². The molecule has 0 saturated carbocycles. The molecule has 0 radical (unpaired) electrons. The van der Waals surface area contributed by atoms with Crippen LogP contribution in [0.3, 0.4) is 0 Å². The number of aryl methyl sites for hydroxylation is 1. The predicted octanol–water partition coefficient (Wildman–Crippen LogP) is 3.84. The van der Waals surface area contributed by atoms with Gasteiger partial charge in [-0.1, -0.05) is 30.3 Å². The van der Waals surface area contributed by atoms with Crippen LogP contribution in [-0.4, -0.2) is 32.3 Å². The van der Waals surface area contributed by atoms with Crippen LogP contribution in [0.1, 0.15) is 22.8 Å². The Kier molecular flexibility index (Phi) is 8.20. The number of hydrogen-bond acceptors (Lipinski definition) is 3. The number of fused-ring (bicyclic) bond motifs is 1. The predicted molar refractivity (Wildman–Crippen MR) is 136 cm³/mol. The van der Waals surface area contributed by atoms with E-state index in [4.69, 9.17) is 4.99 Å². The maximum Gasteiger partial charge on any atom is 0.191 e. The van der Waals surface area contributed by atoms with Crippen molar-refractivity contribution in [3.05, 3.63) is 83.3 Å². The molecule has 4 rings (SSSR count). The zero-order chi connectivity index (χ0) is 21.6. The van der Waals surface area contributed by atoms with E-state index >= 15 is 0 Å². The second-order valence-corrected chi connectivity index (χ2v) is 7.41. The van der Waals surface area contributed by atoms with Crippen LogP contribution in [0.25, 0.3) is 10.9 Å². The Morgan fingerprint density at radius 2 is 1.94 bits per heavy atom. The first-order valence-corrected chi connectivity index (χ1v) is 10.3. The molecule has 7 nitrogen and oxygen atoms in total. The van der Waals surface area contributed by atoms with Crippen LogP contribution in [0.15, 0.2) is 59.7 Å². The average molecular weight is 547 g/mol. The molecule has 0 amide bonds. The van der Waals surface area contributed by atoms with Gasteiger partial charge in [0.05, 0.1) is 13.1 Å². The molecule has 0 aliphatic rings. The molecule has 2 heterocycles. The number of nitrogens with zero attached hydrogens (tertiary/aromatic N) is 4. The van der Waals surface area contributed by atoms with Gasteiger partial charge in [0.25, 0.3) is 0 Å². The van der Waals surface area contributed by atoms with Gasteiger partial charge in [0.1, 0.15) is 11.6 Å². The van der Waals surface area contributed by atoms with Crippen molar-refractivity contribution in [2.75, 3.05) is 6.54 Å². The van der Waals surface area contributed by atoms with Crippen LogP contribution in [0.5, 0.6) is 0 Å². The van der Waals surface area contributed by atoms with E-state index in [1.807, 2.05) is 49.0 Å². The minimum atomic E-state index is -0.238. The van der Waals surface area contributed by atoms with Crippen molar-refractivity contribution < 1.29 is 4.39 Å². The molecule has 2 aromatic carbocycles. The molecule has 0 fully saturated rings. The maximum atomic E-state index is 13.4. The lowest BCUT2D eigenvalue weighted by atomic mass is 10.1. The first-order chi connectivity index (χ1) is 15.1. The van der Waals surface area contributed by atoms with Gasteiger partial charge in [-0.15, -0.1) is 34.2 Å². The summed E-state index contributed by atoms with van der Waals surface area (Å²) in [6, 6.07) is 14.9. The Labute approximate surface area is 203 Å². The highest BCUT2D eigenvalue weighted by atomic mass is 127. The van der Waals surface area contributed by atoms with Crippen molar-refractivity contribution in [3.63, 3.8) is 0 Å². The summed E-state index contributed by atoms with van der Waals surface area (Å²) < 4.78 is 15.4. The summed E-state index contributed by atoms with van der Waals surface area (Å²) in [6.45, 7) is 3.69. The topological polar surface area (TPSA) is 82.9 Å². The number of hydrogen-bond donors (Lipinski definition) is 3. The van der Waals surface area contributed by atoms with E-state index in [9.17, 15) is 4.39 Å². The van der Waals surface area contributed by atoms with Gasteiger partial charge in [0.2, 0.25) is 0 Å². The van der Waals surface area contributed by atoms with Crippen LogP contribution in [-0.2, 0) is 26.6 Å². The molecule has 0 spiro atoms. The van der Waals surface area contributed by atoms with Crippen molar-refractivity contribution in [1.82, 2.24) is 30.4 Å². The Balaban J connectivity index is 0.00000289.